The molecule has 0 saturated carbocycles. The Morgan fingerprint density at radius 1 is 1.06 bits per heavy atom. The van der Waals surface area contributed by atoms with E-state index in [-0.39, 0.29) is 18.0 Å². The van der Waals surface area contributed by atoms with Gasteiger partial charge in [-0.15, -0.1) is 0 Å². The van der Waals surface area contributed by atoms with Gasteiger partial charge in [-0.2, -0.15) is 0 Å². The number of fused-ring (bicyclic) bond motifs is 1. The lowest BCUT2D eigenvalue weighted by molar-refractivity contribution is -0.136. The molecule has 178 valence electrons. The van der Waals surface area contributed by atoms with Gasteiger partial charge in [-0.05, 0) is 26.3 Å². The summed E-state index contributed by atoms with van der Waals surface area (Å²) >= 11 is 0. The number of carbonyl (C=O) groups excluding carboxylic acids is 3. The molecule has 4 rings (SSSR count). The number of guanidine groups is 1. The first-order valence-electron chi connectivity index (χ1n) is 11.2. The molecular weight excluding hydrogens is 424 g/mol. The van der Waals surface area contributed by atoms with Crippen molar-refractivity contribution in [1.29, 1.82) is 0 Å². The number of amides is 4. The molecule has 0 aliphatic carbocycles. The van der Waals surface area contributed by atoms with Crippen molar-refractivity contribution in [2.75, 3.05) is 40.3 Å². The quantitative estimate of drug-likeness (QED) is 0.672. The van der Waals surface area contributed by atoms with Crippen LogP contribution in [0.25, 0.3) is 0 Å². The van der Waals surface area contributed by atoms with Gasteiger partial charge in [0.15, 0.2) is 18.2 Å². The number of rotatable bonds is 2. The Hall–Kier alpha value is -3.30. The van der Waals surface area contributed by atoms with Gasteiger partial charge in [0.1, 0.15) is 5.60 Å². The van der Waals surface area contributed by atoms with E-state index in [4.69, 9.17) is 9.73 Å². The van der Waals surface area contributed by atoms with Crippen LogP contribution in [0, 0.1) is 0 Å². The number of nitrogens with zero attached hydrogens (tertiary/aromatic N) is 6. The molecule has 0 bridgehead atoms. The van der Waals surface area contributed by atoms with Gasteiger partial charge in [-0.25, -0.2) is 14.6 Å². The van der Waals surface area contributed by atoms with Crippen molar-refractivity contribution in [1.82, 2.24) is 24.5 Å². The van der Waals surface area contributed by atoms with E-state index in [2.05, 4.69) is 4.90 Å². The summed E-state index contributed by atoms with van der Waals surface area (Å²) in [5.74, 6) is 0.422. The second-order valence-corrected chi connectivity index (χ2v) is 9.65. The highest BCUT2D eigenvalue weighted by Crippen LogP contribution is 2.30. The van der Waals surface area contributed by atoms with Gasteiger partial charge in [-0.1, -0.05) is 30.3 Å². The fraction of sp³-hybridized carbons (Fsp3) is 0.565. The lowest BCUT2D eigenvalue weighted by Crippen LogP contribution is -2.64. The second-order valence-electron chi connectivity index (χ2n) is 9.65. The number of hydrogen-bond acceptors (Lipinski definition) is 7. The summed E-state index contributed by atoms with van der Waals surface area (Å²) in [6.45, 7) is 8.15. The van der Waals surface area contributed by atoms with E-state index in [0.29, 0.717) is 38.7 Å². The zero-order valence-electron chi connectivity index (χ0n) is 19.9. The fourth-order valence-corrected chi connectivity index (χ4v) is 4.38. The highest BCUT2D eigenvalue weighted by molar-refractivity contribution is 6.03. The molecule has 0 radical (unpaired) electrons. The van der Waals surface area contributed by atoms with Crippen LogP contribution in [0.4, 0.5) is 9.59 Å². The summed E-state index contributed by atoms with van der Waals surface area (Å²) in [4.78, 5) is 51.4. The highest BCUT2D eigenvalue weighted by Gasteiger charge is 2.52. The Balaban J connectivity index is 1.56. The molecule has 0 spiro atoms. The second kappa shape index (κ2) is 8.57. The van der Waals surface area contributed by atoms with Crippen LogP contribution in [0.3, 0.4) is 0 Å². The van der Waals surface area contributed by atoms with Gasteiger partial charge >= 0.3 is 12.1 Å². The molecule has 2 atom stereocenters. The molecule has 1 aromatic rings. The summed E-state index contributed by atoms with van der Waals surface area (Å²) in [6.07, 6.45) is -0.906. The smallest absolute Gasteiger partial charge is 0.410 e. The summed E-state index contributed by atoms with van der Waals surface area (Å²) in [6, 6.07) is 8.95. The standard InChI is InChI=1S/C23H32N6O4/c1-23(2,3)33-22(32)28-13-11-27(12-14-28)20-24-18-17(19(30)26(5)21(31)25(18)4)29(20)15-16-9-7-6-8-10-16/h6-10,17-18H,11-15H2,1-5H3. The van der Waals surface area contributed by atoms with Crippen LogP contribution in [0.15, 0.2) is 35.3 Å². The molecule has 10 nitrogen and oxygen atoms in total. The van der Waals surface area contributed by atoms with Crippen LogP contribution < -0.4 is 0 Å². The van der Waals surface area contributed by atoms with E-state index in [9.17, 15) is 14.4 Å². The van der Waals surface area contributed by atoms with E-state index in [0.717, 1.165) is 10.5 Å². The molecule has 0 aromatic heterocycles. The van der Waals surface area contributed by atoms with E-state index < -0.39 is 17.8 Å². The van der Waals surface area contributed by atoms with Crippen LogP contribution in [-0.4, -0.2) is 107 Å². The molecule has 4 amide bonds. The third-order valence-electron chi connectivity index (χ3n) is 6.10. The molecule has 3 aliphatic rings. The molecule has 3 heterocycles. The summed E-state index contributed by atoms with van der Waals surface area (Å²) in [5.41, 5.74) is 0.503. The summed E-state index contributed by atoms with van der Waals surface area (Å²) in [5, 5.41) is 0. The molecule has 33 heavy (non-hydrogen) atoms. The molecule has 2 saturated heterocycles. The van der Waals surface area contributed by atoms with Gasteiger partial charge in [0.2, 0.25) is 0 Å². The number of piperazine rings is 1. The van der Waals surface area contributed by atoms with E-state index in [1.165, 1.54) is 11.9 Å². The predicted molar refractivity (Wildman–Crippen MR) is 122 cm³/mol. The average molecular weight is 457 g/mol. The number of ether oxygens (including phenoxy) is 1. The fourth-order valence-electron chi connectivity index (χ4n) is 4.38. The average Bonchev–Trinajstić information content (AvgIpc) is 3.15. The van der Waals surface area contributed by atoms with E-state index in [1.54, 1.807) is 11.9 Å². The minimum absolute atomic E-state index is 0.259. The van der Waals surface area contributed by atoms with Gasteiger partial charge in [0.25, 0.3) is 5.91 Å². The number of carbonyl (C=O) groups is 3. The van der Waals surface area contributed by atoms with Crippen LogP contribution in [0.5, 0.6) is 0 Å². The number of hydrogen-bond donors (Lipinski definition) is 0. The molecule has 3 aliphatic heterocycles. The van der Waals surface area contributed by atoms with Gasteiger partial charge in [0.05, 0.1) is 0 Å². The van der Waals surface area contributed by atoms with Crippen LogP contribution in [-0.2, 0) is 16.1 Å². The van der Waals surface area contributed by atoms with Crippen molar-refractivity contribution in [3.8, 4) is 0 Å². The third kappa shape index (κ3) is 4.46. The Morgan fingerprint density at radius 2 is 1.70 bits per heavy atom. The van der Waals surface area contributed by atoms with Crippen molar-refractivity contribution < 1.29 is 19.1 Å². The zero-order chi connectivity index (χ0) is 23.9. The molecule has 2 fully saturated rings. The largest absolute Gasteiger partial charge is 0.444 e. The molecular formula is C23H32N6O4. The lowest BCUT2D eigenvalue weighted by atomic mass is 10.1. The van der Waals surface area contributed by atoms with Crippen molar-refractivity contribution in [2.24, 2.45) is 4.99 Å². The van der Waals surface area contributed by atoms with Crippen molar-refractivity contribution in [3.63, 3.8) is 0 Å². The summed E-state index contributed by atoms with van der Waals surface area (Å²) in [7, 11) is 3.19. The van der Waals surface area contributed by atoms with Crippen LogP contribution >= 0.6 is 0 Å². The van der Waals surface area contributed by atoms with Crippen molar-refractivity contribution in [2.45, 2.75) is 45.1 Å². The first kappa shape index (κ1) is 22.9. The Morgan fingerprint density at radius 3 is 2.30 bits per heavy atom. The number of likely N-dealkylation sites (N-methyl/N-ethyl adjacent to an activating group) is 2. The van der Waals surface area contributed by atoms with Gasteiger partial charge in [-0.3, -0.25) is 9.69 Å². The minimum atomic E-state index is -0.586. The maximum absolute atomic E-state index is 13.1. The van der Waals surface area contributed by atoms with E-state index in [1.807, 2.05) is 56.0 Å². The topological polar surface area (TPSA) is 89.0 Å². The zero-order valence-corrected chi connectivity index (χ0v) is 19.9. The Bertz CT molecular complexity index is 951. The molecule has 0 N–H and O–H groups in total. The van der Waals surface area contributed by atoms with Crippen LogP contribution in [0.2, 0.25) is 0 Å². The highest BCUT2D eigenvalue weighted by atomic mass is 16.6. The molecule has 1 aromatic carbocycles. The van der Waals surface area contributed by atoms with Gasteiger partial charge in [0, 0.05) is 46.8 Å². The maximum Gasteiger partial charge on any atom is 0.410 e. The number of urea groups is 1. The van der Waals surface area contributed by atoms with Crippen molar-refractivity contribution in [3.05, 3.63) is 35.9 Å². The van der Waals surface area contributed by atoms with Crippen LogP contribution in [0.1, 0.15) is 26.3 Å². The SMILES string of the molecule is CN1C(=O)C2C(N=C(N3CCN(C(=O)OC(C)(C)C)CC3)N2Cc2ccccc2)N(C)C1=O. The normalized spacial score (nSPS) is 23.7. The first-order valence-corrected chi connectivity index (χ1v) is 11.2. The van der Waals surface area contributed by atoms with Crippen molar-refractivity contribution >= 4 is 24.0 Å². The number of imide groups is 1. The van der Waals surface area contributed by atoms with E-state index >= 15 is 0 Å². The van der Waals surface area contributed by atoms with Gasteiger partial charge < -0.3 is 24.3 Å². The predicted octanol–water partition coefficient (Wildman–Crippen LogP) is 1.63. The Kier molecular flexibility index (Phi) is 5.94. The monoisotopic (exact) mass is 456 g/mol. The number of benzene rings is 1. The maximum atomic E-state index is 13.1. The Labute approximate surface area is 194 Å². The number of aliphatic imine (C=N–C) groups is 1. The third-order valence-corrected chi connectivity index (χ3v) is 6.10. The summed E-state index contributed by atoms with van der Waals surface area (Å²) < 4.78 is 5.50. The molecule has 2 unspecified atom stereocenters. The first-order chi connectivity index (χ1) is 15.6. The minimum Gasteiger partial charge on any atom is -0.444 e. The molecule has 10 heteroatoms. The lowest BCUT2D eigenvalue weighted by Gasteiger charge is -2.42.